The fraction of sp³-hybridized carbons (Fsp3) is 0.556. The Bertz CT molecular complexity index is 606. The Morgan fingerprint density at radius 1 is 1.35 bits per heavy atom. The van der Waals surface area contributed by atoms with Gasteiger partial charge in [0.05, 0.1) is 13.0 Å². The second kappa shape index (κ2) is 6.32. The average molecular weight is 318 g/mol. The van der Waals surface area contributed by atoms with Gasteiger partial charge >= 0.3 is 5.97 Å². The van der Waals surface area contributed by atoms with Crippen molar-refractivity contribution in [3.63, 3.8) is 0 Å². The summed E-state index contributed by atoms with van der Waals surface area (Å²) in [4.78, 5) is 29.2. The lowest BCUT2D eigenvalue weighted by molar-refractivity contribution is -0.156. The molecule has 5 heteroatoms. The number of aryl methyl sites for hydroxylation is 2. The van der Waals surface area contributed by atoms with E-state index in [0.29, 0.717) is 13.1 Å². The van der Waals surface area contributed by atoms with E-state index in [1.54, 1.807) is 4.90 Å². The first-order valence-corrected chi connectivity index (χ1v) is 7.85. The number of amides is 1. The van der Waals surface area contributed by atoms with Crippen molar-refractivity contribution in [1.29, 1.82) is 0 Å². The van der Waals surface area contributed by atoms with E-state index in [1.165, 1.54) is 7.11 Å². The Labute approximate surface area is 138 Å². The van der Waals surface area contributed by atoms with E-state index in [4.69, 9.17) is 4.74 Å². The minimum Gasteiger partial charge on any atom is -0.468 e. The fourth-order valence-electron chi connectivity index (χ4n) is 3.65. The maximum Gasteiger partial charge on any atom is 0.315 e. The Balaban J connectivity index is 2.51. The highest BCUT2D eigenvalue weighted by Crippen LogP contribution is 2.42. The van der Waals surface area contributed by atoms with Gasteiger partial charge in [-0.05, 0) is 39.1 Å². The van der Waals surface area contributed by atoms with Crippen molar-refractivity contribution in [3.05, 3.63) is 29.3 Å². The molecule has 2 rings (SSSR count). The highest BCUT2D eigenvalue weighted by Gasteiger charge is 2.56. The fourth-order valence-corrected chi connectivity index (χ4v) is 3.65. The largest absolute Gasteiger partial charge is 0.468 e. The SMILES string of the molecule is COC(=O)C1(CN(C)C)CN(c2c(C)cccc2C)C(=O)C1C. The van der Waals surface area contributed by atoms with Gasteiger partial charge in [0.15, 0.2) is 0 Å². The van der Waals surface area contributed by atoms with Crippen LogP contribution >= 0.6 is 0 Å². The number of carbonyl (C=O) groups is 2. The summed E-state index contributed by atoms with van der Waals surface area (Å²) in [5, 5.41) is 0. The number of benzene rings is 1. The van der Waals surface area contributed by atoms with Crippen molar-refractivity contribution in [2.45, 2.75) is 20.8 Å². The standard InChI is InChI=1S/C18H26N2O3/c1-12-8-7-9-13(2)15(12)20-11-18(10-19(4)5,17(22)23-6)14(3)16(20)21/h7-9,14H,10-11H2,1-6H3. The molecule has 2 unspecified atom stereocenters. The molecule has 0 aromatic heterocycles. The quantitative estimate of drug-likeness (QED) is 0.797. The summed E-state index contributed by atoms with van der Waals surface area (Å²) in [6.45, 7) is 6.64. The molecule has 1 aromatic rings. The Kier molecular flexibility index (Phi) is 4.80. The molecule has 0 aliphatic carbocycles. The minimum atomic E-state index is -0.843. The van der Waals surface area contributed by atoms with Crippen molar-refractivity contribution >= 4 is 17.6 Å². The molecule has 0 radical (unpaired) electrons. The summed E-state index contributed by atoms with van der Waals surface area (Å²) in [6, 6.07) is 5.96. The third-order valence-corrected chi connectivity index (χ3v) is 4.81. The van der Waals surface area contributed by atoms with E-state index < -0.39 is 11.3 Å². The molecule has 1 fully saturated rings. The Hall–Kier alpha value is -1.88. The number of anilines is 1. The van der Waals surface area contributed by atoms with Crippen LogP contribution in [0.2, 0.25) is 0 Å². The summed E-state index contributed by atoms with van der Waals surface area (Å²) in [6.07, 6.45) is 0. The normalized spacial score (nSPS) is 24.4. The molecule has 5 nitrogen and oxygen atoms in total. The average Bonchev–Trinajstić information content (AvgIpc) is 2.72. The van der Waals surface area contributed by atoms with Gasteiger partial charge in [-0.2, -0.15) is 0 Å². The van der Waals surface area contributed by atoms with Gasteiger partial charge in [-0.1, -0.05) is 25.1 Å². The number of methoxy groups -OCH3 is 1. The number of hydrogen-bond donors (Lipinski definition) is 0. The molecule has 1 aliphatic heterocycles. The first kappa shape index (κ1) is 17.5. The van der Waals surface area contributed by atoms with E-state index in [1.807, 2.05) is 58.0 Å². The molecule has 1 heterocycles. The lowest BCUT2D eigenvalue weighted by Gasteiger charge is -2.31. The number of esters is 1. The van der Waals surface area contributed by atoms with Gasteiger partial charge in [-0.3, -0.25) is 9.59 Å². The minimum absolute atomic E-state index is 0.0188. The van der Waals surface area contributed by atoms with E-state index >= 15 is 0 Å². The molecule has 126 valence electrons. The summed E-state index contributed by atoms with van der Waals surface area (Å²) in [7, 11) is 5.20. The second-order valence-corrected chi connectivity index (χ2v) is 6.77. The van der Waals surface area contributed by atoms with Crippen molar-refractivity contribution in [2.24, 2.45) is 11.3 Å². The second-order valence-electron chi connectivity index (χ2n) is 6.77. The van der Waals surface area contributed by atoms with E-state index in [9.17, 15) is 9.59 Å². The van der Waals surface area contributed by atoms with E-state index in [2.05, 4.69) is 0 Å². The zero-order chi connectivity index (χ0) is 17.4. The molecule has 23 heavy (non-hydrogen) atoms. The van der Waals surface area contributed by atoms with Crippen LogP contribution < -0.4 is 4.90 Å². The van der Waals surface area contributed by atoms with Crippen LogP contribution in [-0.2, 0) is 14.3 Å². The van der Waals surface area contributed by atoms with Crippen LogP contribution in [-0.4, -0.2) is 51.1 Å². The molecule has 0 N–H and O–H groups in total. The summed E-state index contributed by atoms with van der Waals surface area (Å²) >= 11 is 0. The predicted molar refractivity (Wildman–Crippen MR) is 90.4 cm³/mol. The monoisotopic (exact) mass is 318 g/mol. The van der Waals surface area contributed by atoms with Crippen molar-refractivity contribution in [3.8, 4) is 0 Å². The highest BCUT2D eigenvalue weighted by atomic mass is 16.5. The van der Waals surface area contributed by atoms with Crippen LogP contribution in [0.25, 0.3) is 0 Å². The third kappa shape index (κ3) is 2.85. The third-order valence-electron chi connectivity index (χ3n) is 4.81. The van der Waals surface area contributed by atoms with Gasteiger partial charge in [-0.25, -0.2) is 0 Å². The Morgan fingerprint density at radius 3 is 2.39 bits per heavy atom. The van der Waals surface area contributed by atoms with Gasteiger partial charge in [0.1, 0.15) is 5.41 Å². The highest BCUT2D eigenvalue weighted by molar-refractivity contribution is 6.03. The number of ether oxygens (including phenoxy) is 1. The lowest BCUT2D eigenvalue weighted by Crippen LogP contribution is -2.47. The van der Waals surface area contributed by atoms with E-state index in [0.717, 1.165) is 16.8 Å². The number of carbonyl (C=O) groups excluding carboxylic acids is 2. The molecule has 2 atom stereocenters. The van der Waals surface area contributed by atoms with Crippen molar-refractivity contribution in [1.82, 2.24) is 4.90 Å². The zero-order valence-corrected chi connectivity index (χ0v) is 14.8. The van der Waals surface area contributed by atoms with Crippen LogP contribution in [0.1, 0.15) is 18.1 Å². The van der Waals surface area contributed by atoms with Gasteiger partial charge in [-0.15, -0.1) is 0 Å². The Morgan fingerprint density at radius 2 is 1.91 bits per heavy atom. The predicted octanol–water partition coefficient (Wildman–Crippen LogP) is 2.01. The molecular weight excluding hydrogens is 292 g/mol. The number of nitrogens with zero attached hydrogens (tertiary/aromatic N) is 2. The summed E-state index contributed by atoms with van der Waals surface area (Å²) < 4.78 is 5.06. The number of rotatable bonds is 4. The molecule has 0 spiro atoms. The van der Waals surface area contributed by atoms with E-state index in [-0.39, 0.29) is 11.9 Å². The topological polar surface area (TPSA) is 49.9 Å². The van der Waals surface area contributed by atoms with Gasteiger partial charge in [0.25, 0.3) is 0 Å². The zero-order valence-electron chi connectivity index (χ0n) is 14.8. The number of hydrogen-bond acceptors (Lipinski definition) is 4. The first-order valence-electron chi connectivity index (χ1n) is 7.85. The first-order chi connectivity index (χ1) is 10.7. The summed E-state index contributed by atoms with van der Waals surface area (Å²) in [5.74, 6) is -0.758. The number of para-hydroxylation sites is 1. The van der Waals surface area contributed by atoms with Crippen molar-refractivity contribution < 1.29 is 14.3 Å². The lowest BCUT2D eigenvalue weighted by atomic mass is 9.78. The van der Waals surface area contributed by atoms with Crippen LogP contribution in [0.3, 0.4) is 0 Å². The maximum absolute atomic E-state index is 12.9. The van der Waals surface area contributed by atoms with Crippen molar-refractivity contribution in [2.75, 3.05) is 39.2 Å². The molecular formula is C18H26N2O3. The van der Waals surface area contributed by atoms with Crippen LogP contribution in [0.4, 0.5) is 5.69 Å². The molecule has 1 aromatic carbocycles. The van der Waals surface area contributed by atoms with Gasteiger partial charge in [0, 0.05) is 18.8 Å². The molecule has 0 saturated carbocycles. The van der Waals surface area contributed by atoms with Gasteiger partial charge < -0.3 is 14.5 Å². The molecule has 1 saturated heterocycles. The molecule has 1 aliphatic rings. The van der Waals surface area contributed by atoms with Gasteiger partial charge in [0.2, 0.25) is 5.91 Å². The maximum atomic E-state index is 12.9. The molecule has 1 amide bonds. The molecule has 0 bridgehead atoms. The van der Waals surface area contributed by atoms with Crippen LogP contribution in [0.5, 0.6) is 0 Å². The smallest absolute Gasteiger partial charge is 0.315 e. The van der Waals surface area contributed by atoms with Crippen LogP contribution in [0.15, 0.2) is 18.2 Å². The summed E-state index contributed by atoms with van der Waals surface area (Å²) in [5.41, 5.74) is 2.14. The van der Waals surface area contributed by atoms with Crippen LogP contribution in [0, 0.1) is 25.2 Å².